The Bertz CT molecular complexity index is 215. The average Bonchev–Trinajstić information content (AvgIpc) is 2.78. The van der Waals surface area contributed by atoms with Crippen LogP contribution in [0.4, 0.5) is 0 Å². The van der Waals surface area contributed by atoms with Crippen LogP contribution in [0.5, 0.6) is 0 Å². The first-order chi connectivity index (χ1) is 7.75. The van der Waals surface area contributed by atoms with Gasteiger partial charge in [-0.05, 0) is 19.3 Å². The fourth-order valence-corrected chi connectivity index (χ4v) is 2.48. The van der Waals surface area contributed by atoms with Gasteiger partial charge in [0.25, 0.3) is 0 Å². The fraction of sp³-hybridized carbons (Fsp3) is 0.917. The maximum atomic E-state index is 12.0. The van der Waals surface area contributed by atoms with Crippen molar-refractivity contribution in [1.82, 2.24) is 5.32 Å². The van der Waals surface area contributed by atoms with Crippen molar-refractivity contribution in [1.29, 1.82) is 0 Å². The second-order valence-electron chi connectivity index (χ2n) is 4.40. The van der Waals surface area contributed by atoms with Crippen molar-refractivity contribution in [2.24, 2.45) is 5.41 Å². The molecule has 1 aliphatic carbocycles. The minimum Gasteiger partial charge on any atom is -0.378 e. The Morgan fingerprint density at radius 2 is 2.06 bits per heavy atom. The van der Waals surface area contributed by atoms with Crippen molar-refractivity contribution in [2.45, 2.75) is 39.0 Å². The van der Waals surface area contributed by atoms with Gasteiger partial charge in [0.15, 0.2) is 0 Å². The molecule has 0 aliphatic heterocycles. The van der Waals surface area contributed by atoms with E-state index in [1.165, 1.54) is 12.8 Å². The Balaban J connectivity index is 2.22. The van der Waals surface area contributed by atoms with Gasteiger partial charge in [-0.25, -0.2) is 0 Å². The van der Waals surface area contributed by atoms with E-state index in [0.29, 0.717) is 25.6 Å². The van der Waals surface area contributed by atoms with Gasteiger partial charge >= 0.3 is 0 Å². The zero-order valence-corrected chi connectivity index (χ0v) is 10.8. The van der Waals surface area contributed by atoms with E-state index < -0.39 is 0 Å². The molecule has 0 heterocycles. The number of amides is 1. The lowest BCUT2D eigenvalue weighted by Crippen LogP contribution is -2.40. The third-order valence-electron chi connectivity index (χ3n) is 3.47. The molecule has 1 saturated carbocycles. The van der Waals surface area contributed by atoms with E-state index in [9.17, 15) is 4.79 Å². The number of rotatable bonds is 7. The van der Waals surface area contributed by atoms with Gasteiger partial charge in [0, 0.05) is 17.8 Å². The molecule has 4 heteroatoms. The highest BCUT2D eigenvalue weighted by atomic mass is 35.5. The SMILES string of the molecule is CCC1(C(=O)NCCOCCCl)CCCC1. The van der Waals surface area contributed by atoms with Crippen LogP contribution in [0.1, 0.15) is 39.0 Å². The molecule has 0 aromatic rings. The predicted molar refractivity (Wildman–Crippen MR) is 65.7 cm³/mol. The van der Waals surface area contributed by atoms with Crippen molar-refractivity contribution in [3.63, 3.8) is 0 Å². The van der Waals surface area contributed by atoms with E-state index >= 15 is 0 Å². The number of halogens is 1. The van der Waals surface area contributed by atoms with E-state index in [1.54, 1.807) is 0 Å². The van der Waals surface area contributed by atoms with Gasteiger partial charge in [-0.1, -0.05) is 19.8 Å². The summed E-state index contributed by atoms with van der Waals surface area (Å²) in [5.41, 5.74) is -0.0908. The summed E-state index contributed by atoms with van der Waals surface area (Å²) in [6.07, 6.45) is 5.39. The third-order valence-corrected chi connectivity index (χ3v) is 3.63. The molecule has 1 amide bonds. The Kier molecular flexibility index (Phi) is 6.14. The lowest BCUT2D eigenvalue weighted by Gasteiger charge is -2.25. The molecule has 0 spiro atoms. The van der Waals surface area contributed by atoms with Gasteiger partial charge < -0.3 is 10.1 Å². The van der Waals surface area contributed by atoms with Gasteiger partial charge in [-0.15, -0.1) is 11.6 Å². The minimum absolute atomic E-state index is 0.0908. The summed E-state index contributed by atoms with van der Waals surface area (Å²) in [5, 5.41) is 2.97. The highest BCUT2D eigenvalue weighted by molar-refractivity contribution is 6.17. The number of carbonyl (C=O) groups excluding carboxylic acids is 1. The molecule has 0 saturated heterocycles. The van der Waals surface area contributed by atoms with E-state index in [-0.39, 0.29) is 11.3 Å². The van der Waals surface area contributed by atoms with Crippen molar-refractivity contribution in [2.75, 3.05) is 25.6 Å². The molecule has 1 aliphatic rings. The molecule has 1 fully saturated rings. The molecular weight excluding hydrogens is 226 g/mol. The number of nitrogens with one attached hydrogen (secondary N) is 1. The zero-order valence-electron chi connectivity index (χ0n) is 10.1. The monoisotopic (exact) mass is 247 g/mol. The first-order valence-corrected chi connectivity index (χ1v) is 6.70. The summed E-state index contributed by atoms with van der Waals surface area (Å²) in [6, 6.07) is 0. The van der Waals surface area contributed by atoms with Crippen molar-refractivity contribution in [3.05, 3.63) is 0 Å². The lowest BCUT2D eigenvalue weighted by molar-refractivity contribution is -0.131. The molecule has 0 radical (unpaired) electrons. The molecule has 0 atom stereocenters. The van der Waals surface area contributed by atoms with Crippen LogP contribution in [0.3, 0.4) is 0 Å². The molecule has 1 N–H and O–H groups in total. The topological polar surface area (TPSA) is 38.3 Å². The summed E-state index contributed by atoms with van der Waals surface area (Å²) < 4.78 is 5.22. The highest BCUT2D eigenvalue weighted by Crippen LogP contribution is 2.40. The number of alkyl halides is 1. The highest BCUT2D eigenvalue weighted by Gasteiger charge is 2.38. The molecule has 0 bridgehead atoms. The van der Waals surface area contributed by atoms with Crippen molar-refractivity contribution < 1.29 is 9.53 Å². The molecular formula is C12H22ClNO2. The molecule has 3 nitrogen and oxygen atoms in total. The van der Waals surface area contributed by atoms with E-state index in [0.717, 1.165) is 19.3 Å². The maximum absolute atomic E-state index is 12.0. The normalized spacial score (nSPS) is 18.6. The van der Waals surface area contributed by atoms with E-state index in [4.69, 9.17) is 16.3 Å². The van der Waals surface area contributed by atoms with Crippen LogP contribution < -0.4 is 5.32 Å². The Labute approximate surface area is 103 Å². The Morgan fingerprint density at radius 3 is 2.62 bits per heavy atom. The van der Waals surface area contributed by atoms with Gasteiger partial charge in [0.1, 0.15) is 0 Å². The van der Waals surface area contributed by atoms with Gasteiger partial charge in [-0.3, -0.25) is 4.79 Å². The molecule has 0 aromatic heterocycles. The molecule has 1 rings (SSSR count). The van der Waals surface area contributed by atoms with Crippen LogP contribution in [-0.2, 0) is 9.53 Å². The quantitative estimate of drug-likeness (QED) is 0.554. The van der Waals surface area contributed by atoms with Gasteiger partial charge in [0.2, 0.25) is 5.91 Å². The fourth-order valence-electron chi connectivity index (χ4n) is 2.37. The first kappa shape index (κ1) is 13.8. The standard InChI is InChI=1S/C12H22ClNO2/c1-2-12(5-3-4-6-12)11(15)14-8-10-16-9-7-13/h2-10H2,1H3,(H,14,15). The summed E-state index contributed by atoms with van der Waals surface area (Å²) in [6.45, 7) is 3.81. The minimum atomic E-state index is -0.0908. The number of hydrogen-bond donors (Lipinski definition) is 1. The second kappa shape index (κ2) is 7.13. The summed E-state index contributed by atoms with van der Waals surface area (Å²) in [7, 11) is 0. The maximum Gasteiger partial charge on any atom is 0.226 e. The second-order valence-corrected chi connectivity index (χ2v) is 4.78. The molecule has 0 aromatic carbocycles. The van der Waals surface area contributed by atoms with Crippen molar-refractivity contribution >= 4 is 17.5 Å². The predicted octanol–water partition coefficient (Wildman–Crippen LogP) is 2.33. The number of ether oxygens (including phenoxy) is 1. The smallest absolute Gasteiger partial charge is 0.226 e. The van der Waals surface area contributed by atoms with Crippen LogP contribution in [0.15, 0.2) is 0 Å². The van der Waals surface area contributed by atoms with Crippen LogP contribution in [0.2, 0.25) is 0 Å². The number of carbonyl (C=O) groups is 1. The average molecular weight is 248 g/mol. The van der Waals surface area contributed by atoms with E-state index in [1.807, 2.05) is 0 Å². The van der Waals surface area contributed by atoms with Crippen LogP contribution in [0.25, 0.3) is 0 Å². The van der Waals surface area contributed by atoms with E-state index in [2.05, 4.69) is 12.2 Å². The third kappa shape index (κ3) is 3.63. The number of hydrogen-bond acceptors (Lipinski definition) is 2. The Morgan fingerprint density at radius 1 is 1.38 bits per heavy atom. The van der Waals surface area contributed by atoms with Crippen LogP contribution in [-0.4, -0.2) is 31.5 Å². The largest absolute Gasteiger partial charge is 0.378 e. The van der Waals surface area contributed by atoms with Gasteiger partial charge in [0.05, 0.1) is 13.2 Å². The van der Waals surface area contributed by atoms with Crippen molar-refractivity contribution in [3.8, 4) is 0 Å². The summed E-state index contributed by atoms with van der Waals surface area (Å²) >= 11 is 5.48. The first-order valence-electron chi connectivity index (χ1n) is 6.17. The molecule has 94 valence electrons. The zero-order chi connectivity index (χ0) is 11.9. The molecule has 16 heavy (non-hydrogen) atoms. The van der Waals surface area contributed by atoms with Crippen LogP contribution >= 0.6 is 11.6 Å². The summed E-state index contributed by atoms with van der Waals surface area (Å²) in [4.78, 5) is 12.0. The summed E-state index contributed by atoms with van der Waals surface area (Å²) in [5.74, 6) is 0.717. The lowest BCUT2D eigenvalue weighted by atomic mass is 9.82. The Hall–Kier alpha value is -0.280. The van der Waals surface area contributed by atoms with Crippen LogP contribution in [0, 0.1) is 5.41 Å². The van der Waals surface area contributed by atoms with Gasteiger partial charge in [-0.2, -0.15) is 0 Å². The molecule has 0 unspecified atom stereocenters.